The molecule has 4 heteroatoms. The number of hydrogen-bond donors (Lipinski definition) is 0. The number of furan rings is 1. The number of para-hydroxylation sites is 4. The normalized spacial score (nSPS) is 11.8. The van der Waals surface area contributed by atoms with Gasteiger partial charge in [-0.25, -0.2) is 0 Å². The highest BCUT2D eigenvalue weighted by Crippen LogP contribution is 2.43. The van der Waals surface area contributed by atoms with E-state index in [0.29, 0.717) is 5.56 Å². The molecule has 10 rings (SSSR count). The molecule has 0 unspecified atom stereocenters. The van der Waals surface area contributed by atoms with Crippen molar-refractivity contribution >= 4 is 65.6 Å². The predicted molar refractivity (Wildman–Crippen MR) is 193 cm³/mol. The summed E-state index contributed by atoms with van der Waals surface area (Å²) >= 11 is 0. The Labute approximate surface area is 269 Å². The van der Waals surface area contributed by atoms with Crippen LogP contribution >= 0.6 is 0 Å². The largest absolute Gasteiger partial charge is 0.456 e. The average Bonchev–Trinajstić information content (AvgIpc) is 3.79. The smallest absolute Gasteiger partial charge is 0.137 e. The first-order valence-corrected chi connectivity index (χ1v) is 15.8. The number of rotatable bonds is 3. The van der Waals surface area contributed by atoms with Gasteiger partial charge in [-0.05, 0) is 66.2 Å². The molecule has 3 aromatic heterocycles. The Balaban J connectivity index is 1.30. The van der Waals surface area contributed by atoms with Crippen molar-refractivity contribution in [3.63, 3.8) is 0 Å². The zero-order chi connectivity index (χ0) is 31.1. The van der Waals surface area contributed by atoms with Crippen molar-refractivity contribution in [3.8, 4) is 28.6 Å². The van der Waals surface area contributed by atoms with Gasteiger partial charge in [-0.15, -0.1) is 0 Å². The monoisotopic (exact) mass is 599 g/mol. The third-order valence-electron chi connectivity index (χ3n) is 9.54. The van der Waals surface area contributed by atoms with Gasteiger partial charge in [-0.1, -0.05) is 91.0 Å². The maximum Gasteiger partial charge on any atom is 0.137 e. The zero-order valence-electron chi connectivity index (χ0n) is 25.2. The van der Waals surface area contributed by atoms with Gasteiger partial charge >= 0.3 is 0 Å². The van der Waals surface area contributed by atoms with Crippen LogP contribution in [0.15, 0.2) is 156 Å². The van der Waals surface area contributed by atoms with E-state index in [1.54, 1.807) is 0 Å². The van der Waals surface area contributed by atoms with Crippen LogP contribution in [0.4, 0.5) is 0 Å². The van der Waals surface area contributed by atoms with E-state index in [0.717, 1.165) is 66.2 Å². The number of hydrogen-bond acceptors (Lipinski definition) is 2. The van der Waals surface area contributed by atoms with Crippen molar-refractivity contribution in [2.45, 2.75) is 0 Å². The Morgan fingerprint density at radius 2 is 1.13 bits per heavy atom. The number of fused-ring (bicyclic) bond motifs is 10. The second-order valence-electron chi connectivity index (χ2n) is 12.0. The van der Waals surface area contributed by atoms with Crippen LogP contribution in [0.25, 0.3) is 88.1 Å². The van der Waals surface area contributed by atoms with Gasteiger partial charge in [0.2, 0.25) is 0 Å². The quantitative estimate of drug-likeness (QED) is 0.203. The molecule has 3 heterocycles. The fourth-order valence-corrected chi connectivity index (χ4v) is 7.56. The van der Waals surface area contributed by atoms with Crippen molar-refractivity contribution in [2.24, 2.45) is 0 Å². The molecular weight excluding hydrogens is 574 g/mol. The molecule has 0 spiro atoms. The van der Waals surface area contributed by atoms with Crippen LogP contribution in [0.5, 0.6) is 0 Å². The van der Waals surface area contributed by atoms with Crippen LogP contribution in [-0.4, -0.2) is 9.13 Å². The fraction of sp³-hybridized carbons (Fsp3) is 0. The molecule has 7 aromatic carbocycles. The second kappa shape index (κ2) is 9.71. The van der Waals surface area contributed by atoms with Crippen LogP contribution in [-0.2, 0) is 0 Å². The first-order chi connectivity index (χ1) is 23.3. The third kappa shape index (κ3) is 3.63. The maximum absolute atomic E-state index is 10.1. The summed E-state index contributed by atoms with van der Waals surface area (Å²) in [6.07, 6.45) is 0. The van der Waals surface area contributed by atoms with Crippen LogP contribution in [0.1, 0.15) is 5.56 Å². The van der Waals surface area contributed by atoms with E-state index in [-0.39, 0.29) is 0 Å². The lowest BCUT2D eigenvalue weighted by atomic mass is 10.00. The summed E-state index contributed by atoms with van der Waals surface area (Å²) in [6.45, 7) is 0. The van der Waals surface area contributed by atoms with E-state index in [4.69, 9.17) is 4.42 Å². The molecule has 0 bridgehead atoms. The summed E-state index contributed by atoms with van der Waals surface area (Å²) in [5, 5.41) is 17.0. The van der Waals surface area contributed by atoms with E-state index in [1.807, 2.05) is 24.3 Å². The van der Waals surface area contributed by atoms with Gasteiger partial charge in [0.15, 0.2) is 0 Å². The number of nitriles is 1. The molecule has 0 atom stereocenters. The van der Waals surface area contributed by atoms with Crippen molar-refractivity contribution in [2.75, 3.05) is 0 Å². The minimum Gasteiger partial charge on any atom is -0.456 e. The van der Waals surface area contributed by atoms with Crippen molar-refractivity contribution in [1.29, 1.82) is 5.26 Å². The summed E-state index contributed by atoms with van der Waals surface area (Å²) in [4.78, 5) is 0. The summed E-state index contributed by atoms with van der Waals surface area (Å²) in [6, 6.07) is 55.3. The van der Waals surface area contributed by atoms with Crippen LogP contribution in [0, 0.1) is 11.3 Å². The van der Waals surface area contributed by atoms with Crippen LogP contribution in [0.3, 0.4) is 0 Å². The van der Waals surface area contributed by atoms with Crippen molar-refractivity contribution in [3.05, 3.63) is 157 Å². The van der Waals surface area contributed by atoms with Gasteiger partial charge in [0.05, 0.1) is 44.8 Å². The Morgan fingerprint density at radius 3 is 1.85 bits per heavy atom. The van der Waals surface area contributed by atoms with Crippen LogP contribution < -0.4 is 0 Å². The highest BCUT2D eigenvalue weighted by molar-refractivity contribution is 6.24. The highest BCUT2D eigenvalue weighted by Gasteiger charge is 2.21. The Morgan fingerprint density at radius 1 is 0.489 bits per heavy atom. The molecule has 218 valence electrons. The number of benzene rings is 7. The second-order valence-corrected chi connectivity index (χ2v) is 12.0. The maximum atomic E-state index is 10.1. The minimum atomic E-state index is 0.609. The molecule has 0 aliphatic rings. The summed E-state index contributed by atoms with van der Waals surface area (Å²) in [5.74, 6) is 0. The van der Waals surface area contributed by atoms with Gasteiger partial charge in [-0.2, -0.15) is 5.26 Å². The lowest BCUT2D eigenvalue weighted by molar-refractivity contribution is 0.669. The van der Waals surface area contributed by atoms with E-state index in [1.165, 1.54) is 21.8 Å². The molecule has 4 nitrogen and oxygen atoms in total. The molecule has 0 fully saturated rings. The Bertz CT molecular complexity index is 2880. The first-order valence-electron chi connectivity index (χ1n) is 15.8. The zero-order valence-corrected chi connectivity index (χ0v) is 25.2. The van der Waals surface area contributed by atoms with Gasteiger partial charge in [0.1, 0.15) is 11.2 Å². The molecular formula is C43H25N3O. The van der Waals surface area contributed by atoms with Crippen molar-refractivity contribution < 1.29 is 4.42 Å². The molecule has 0 saturated heterocycles. The molecule has 47 heavy (non-hydrogen) atoms. The lowest BCUT2D eigenvalue weighted by Crippen LogP contribution is -2.00. The summed E-state index contributed by atoms with van der Waals surface area (Å²) in [5.41, 5.74) is 10.9. The minimum absolute atomic E-state index is 0.609. The molecule has 0 amide bonds. The predicted octanol–water partition coefficient (Wildman–Crippen LogP) is 11.3. The number of nitrogens with zero attached hydrogens (tertiary/aromatic N) is 3. The van der Waals surface area contributed by atoms with Crippen LogP contribution in [0.2, 0.25) is 0 Å². The Hall–Kier alpha value is -6.57. The van der Waals surface area contributed by atoms with Gasteiger partial charge in [0.25, 0.3) is 0 Å². The highest BCUT2D eigenvalue weighted by atomic mass is 16.3. The van der Waals surface area contributed by atoms with E-state index < -0.39 is 0 Å². The Kier molecular flexibility index (Phi) is 5.32. The third-order valence-corrected chi connectivity index (χ3v) is 9.54. The molecule has 10 aromatic rings. The molecule has 0 radical (unpaired) electrons. The van der Waals surface area contributed by atoms with E-state index >= 15 is 0 Å². The topological polar surface area (TPSA) is 46.8 Å². The standard InChI is InChI=1S/C43H25N3O/c44-26-27-20-21-30(28-10-9-11-29(25-28)45-36-16-5-1-12-31(36)32-13-2-6-17-37(32)45)39(24-27)46-38-18-7-3-14-33(38)34-22-23-41-42(43(34)46)35-15-4-8-19-40(35)47-41/h1-25H. The van der Waals surface area contributed by atoms with Gasteiger partial charge < -0.3 is 13.6 Å². The summed E-state index contributed by atoms with van der Waals surface area (Å²) in [7, 11) is 0. The van der Waals surface area contributed by atoms with Gasteiger partial charge in [-0.3, -0.25) is 0 Å². The molecule has 0 saturated carbocycles. The fourth-order valence-electron chi connectivity index (χ4n) is 7.56. The molecule has 0 aliphatic heterocycles. The molecule has 0 N–H and O–H groups in total. The van der Waals surface area contributed by atoms with Crippen molar-refractivity contribution in [1.82, 2.24) is 9.13 Å². The van der Waals surface area contributed by atoms with Gasteiger partial charge in [0, 0.05) is 38.2 Å². The number of aromatic nitrogens is 2. The lowest BCUT2D eigenvalue weighted by Gasteiger charge is -2.16. The first kappa shape index (κ1) is 25.7. The summed E-state index contributed by atoms with van der Waals surface area (Å²) < 4.78 is 11.0. The SMILES string of the molecule is N#Cc1ccc(-c2cccc(-n3c4ccccc4c4ccccc43)c2)c(-n2c3ccccc3c3ccc4oc5ccccc5c4c32)c1. The average molecular weight is 600 g/mol. The molecule has 0 aliphatic carbocycles. The van der Waals surface area contributed by atoms with E-state index in [2.05, 4.69) is 143 Å². The van der Waals surface area contributed by atoms with E-state index in [9.17, 15) is 5.26 Å².